The van der Waals surface area contributed by atoms with E-state index in [2.05, 4.69) is 24.5 Å². The van der Waals surface area contributed by atoms with Crippen molar-refractivity contribution in [3.05, 3.63) is 0 Å². The van der Waals surface area contributed by atoms with Crippen LogP contribution in [0.1, 0.15) is 227 Å². The topological polar surface area (TPSA) is 169 Å². The fraction of sp³-hybridized carbons (Fsp3) is 0.938. The first-order valence-corrected chi connectivity index (χ1v) is 24.7. The molecule has 0 radical (unpaired) electrons. The summed E-state index contributed by atoms with van der Waals surface area (Å²) in [6, 6.07) is -1.69. The van der Waals surface area contributed by atoms with Gasteiger partial charge in [-0.05, 0) is 44.6 Å². The zero-order valence-electron chi connectivity index (χ0n) is 38.5. The van der Waals surface area contributed by atoms with Crippen LogP contribution >= 0.6 is 0 Å². The Balaban J connectivity index is 2.90. The first kappa shape index (κ1) is 55.2. The maximum Gasteiger partial charge on any atom is 0.303 e. The molecule has 348 valence electrons. The molecule has 1 aliphatic heterocycles. The van der Waals surface area contributed by atoms with Gasteiger partial charge in [0.15, 0.2) is 6.23 Å². The van der Waals surface area contributed by atoms with Crippen molar-refractivity contribution in [3.8, 4) is 0 Å². The summed E-state index contributed by atoms with van der Waals surface area (Å²) >= 11 is 0. The predicted molar refractivity (Wildman–Crippen MR) is 240 cm³/mol. The Hall–Kier alpha value is -1.79. The van der Waals surface area contributed by atoms with Crippen molar-refractivity contribution in [1.82, 2.24) is 15.5 Å². The number of carbonyl (C=O) groups excluding carboxylic acids is 2. The van der Waals surface area contributed by atoms with E-state index in [1.165, 1.54) is 109 Å². The average Bonchev–Trinajstić information content (AvgIpc) is 3.21. The molecule has 1 fully saturated rings. The predicted octanol–water partition coefficient (Wildman–Crippen LogP) is 9.57. The van der Waals surface area contributed by atoms with Gasteiger partial charge in [-0.3, -0.25) is 14.4 Å². The van der Waals surface area contributed by atoms with Crippen molar-refractivity contribution in [1.29, 1.82) is 0 Å². The van der Waals surface area contributed by atoms with E-state index in [1.807, 2.05) is 13.8 Å². The molecule has 1 aliphatic rings. The van der Waals surface area contributed by atoms with E-state index in [-0.39, 0.29) is 24.2 Å². The van der Waals surface area contributed by atoms with E-state index in [0.29, 0.717) is 38.8 Å². The molecule has 1 saturated heterocycles. The molecular formula is C48H93N3O8. The summed E-state index contributed by atoms with van der Waals surface area (Å²) in [5.74, 6) is -1.09. The molecule has 0 aromatic heterocycles. The smallest absolute Gasteiger partial charge is 0.303 e. The van der Waals surface area contributed by atoms with Gasteiger partial charge in [0.1, 0.15) is 24.4 Å². The second-order valence-electron chi connectivity index (χ2n) is 18.1. The standard InChI is InChI=1S/C48H93N3O8/c1-5-7-9-11-13-15-16-17-18-19-20-21-23-25-27-32-36-51(42(53)33-29-26-24-22-14-12-10-8-6-2)48-44(46(57)45(56)41(38-52)59-48)50-47(58)40(37-39(3)4)49-35-31-28-30-34-43(54)55/h39-41,44-46,48-49,52,56-57H,5-38H2,1-4H3,(H,50,58)(H,54,55)/t40-,41+,44-,45+,46+,48+/m0/s1. The number of carboxylic acid groups (broad SMARTS) is 1. The second kappa shape index (κ2) is 36.8. The third-order valence-corrected chi connectivity index (χ3v) is 12.1. The number of hydrogen-bond donors (Lipinski definition) is 6. The molecule has 2 amide bonds. The van der Waals surface area contributed by atoms with E-state index < -0.39 is 49.2 Å². The van der Waals surface area contributed by atoms with Gasteiger partial charge in [0.05, 0.1) is 12.6 Å². The number of rotatable bonds is 40. The SMILES string of the molecule is CCCCCCCCCCCCCCCCCCN(C(=O)CCCCCCCCCCC)[C@@H]1O[C@H](CO)[C@@H](O)[C@H](O)[C@@H]1NC(=O)[C@H](CC(C)C)NCCCCCC(=O)O. The molecule has 0 bridgehead atoms. The molecule has 6 N–H and O–H groups in total. The highest BCUT2D eigenvalue weighted by molar-refractivity contribution is 5.82. The lowest BCUT2D eigenvalue weighted by atomic mass is 9.94. The van der Waals surface area contributed by atoms with Crippen molar-refractivity contribution >= 4 is 17.8 Å². The minimum atomic E-state index is -1.46. The largest absolute Gasteiger partial charge is 0.481 e. The highest BCUT2D eigenvalue weighted by Crippen LogP contribution is 2.26. The van der Waals surface area contributed by atoms with Gasteiger partial charge < -0.3 is 40.7 Å². The van der Waals surface area contributed by atoms with E-state index in [1.54, 1.807) is 4.90 Å². The Morgan fingerprint density at radius 3 is 1.51 bits per heavy atom. The monoisotopic (exact) mass is 840 g/mol. The number of carbonyl (C=O) groups is 3. The first-order valence-electron chi connectivity index (χ1n) is 24.7. The van der Waals surface area contributed by atoms with Gasteiger partial charge in [-0.15, -0.1) is 0 Å². The van der Waals surface area contributed by atoms with Gasteiger partial charge in [-0.2, -0.15) is 0 Å². The fourth-order valence-electron chi connectivity index (χ4n) is 8.35. The molecule has 0 aromatic rings. The quantitative estimate of drug-likeness (QED) is 0.0329. The van der Waals surface area contributed by atoms with Crippen molar-refractivity contribution < 1.29 is 39.5 Å². The number of aliphatic hydroxyl groups excluding tert-OH is 3. The molecule has 11 heteroatoms. The van der Waals surface area contributed by atoms with Crippen molar-refractivity contribution in [3.63, 3.8) is 0 Å². The Labute approximate surface area is 361 Å². The Bertz CT molecular complexity index is 1030. The summed E-state index contributed by atoms with van der Waals surface area (Å²) in [5.41, 5.74) is 0. The Kier molecular flexibility index (Phi) is 34.5. The van der Waals surface area contributed by atoms with Crippen LogP contribution in [0, 0.1) is 5.92 Å². The number of ether oxygens (including phenoxy) is 1. The normalized spacial score (nSPS) is 19.9. The molecule has 0 aliphatic carbocycles. The van der Waals surface area contributed by atoms with Crippen LogP contribution in [-0.2, 0) is 19.1 Å². The molecule has 6 atom stereocenters. The van der Waals surface area contributed by atoms with Crippen molar-refractivity contribution in [2.45, 2.75) is 263 Å². The highest BCUT2D eigenvalue weighted by Gasteiger charge is 2.48. The molecule has 0 spiro atoms. The van der Waals surface area contributed by atoms with Crippen LogP contribution in [0.5, 0.6) is 0 Å². The summed E-state index contributed by atoms with van der Waals surface area (Å²) in [4.78, 5) is 40.6. The van der Waals surface area contributed by atoms with Gasteiger partial charge in [-0.1, -0.05) is 182 Å². The number of amides is 2. The van der Waals surface area contributed by atoms with Crippen LogP contribution in [0.2, 0.25) is 0 Å². The van der Waals surface area contributed by atoms with E-state index in [9.17, 15) is 29.7 Å². The summed E-state index contributed by atoms with van der Waals surface area (Å²) in [6.07, 6.45) is 28.0. The number of unbranched alkanes of at least 4 members (excludes halogenated alkanes) is 25. The van der Waals surface area contributed by atoms with Crippen LogP contribution in [0.3, 0.4) is 0 Å². The summed E-state index contributed by atoms with van der Waals surface area (Å²) < 4.78 is 6.25. The lowest BCUT2D eigenvalue weighted by Gasteiger charge is -2.47. The van der Waals surface area contributed by atoms with Gasteiger partial charge in [0.2, 0.25) is 11.8 Å². The zero-order chi connectivity index (χ0) is 43.5. The van der Waals surface area contributed by atoms with Crippen LogP contribution in [-0.4, -0.2) is 99.4 Å². The maximum absolute atomic E-state index is 14.1. The number of carboxylic acids is 1. The van der Waals surface area contributed by atoms with E-state index >= 15 is 0 Å². The maximum atomic E-state index is 14.1. The number of aliphatic hydroxyl groups is 3. The minimum Gasteiger partial charge on any atom is -0.481 e. The first-order chi connectivity index (χ1) is 28.6. The molecule has 0 saturated carbocycles. The van der Waals surface area contributed by atoms with Crippen LogP contribution in [0.4, 0.5) is 0 Å². The lowest BCUT2D eigenvalue weighted by molar-refractivity contribution is -0.231. The highest BCUT2D eigenvalue weighted by atomic mass is 16.5. The Morgan fingerprint density at radius 1 is 0.610 bits per heavy atom. The summed E-state index contributed by atoms with van der Waals surface area (Å²) in [6.45, 7) is 8.92. The number of aliphatic carboxylic acids is 1. The van der Waals surface area contributed by atoms with E-state index in [4.69, 9.17) is 9.84 Å². The van der Waals surface area contributed by atoms with E-state index in [0.717, 1.165) is 57.8 Å². The molecule has 0 aromatic carbocycles. The minimum absolute atomic E-state index is 0.100. The molecular weight excluding hydrogens is 747 g/mol. The second-order valence-corrected chi connectivity index (χ2v) is 18.1. The van der Waals surface area contributed by atoms with Gasteiger partial charge in [0, 0.05) is 19.4 Å². The summed E-state index contributed by atoms with van der Waals surface area (Å²) in [5, 5.41) is 47.8. The van der Waals surface area contributed by atoms with Crippen molar-refractivity contribution in [2.75, 3.05) is 19.7 Å². The molecule has 1 heterocycles. The number of hydrogen-bond acceptors (Lipinski definition) is 8. The van der Waals surface area contributed by atoms with Gasteiger partial charge in [-0.25, -0.2) is 0 Å². The fourth-order valence-corrected chi connectivity index (χ4v) is 8.35. The molecule has 11 nitrogen and oxygen atoms in total. The Morgan fingerprint density at radius 2 is 1.05 bits per heavy atom. The average molecular weight is 840 g/mol. The number of nitrogens with one attached hydrogen (secondary N) is 2. The lowest BCUT2D eigenvalue weighted by Crippen LogP contribution is -2.69. The summed E-state index contributed by atoms with van der Waals surface area (Å²) in [7, 11) is 0. The third kappa shape index (κ3) is 27.0. The van der Waals surface area contributed by atoms with Crippen molar-refractivity contribution in [2.24, 2.45) is 5.92 Å². The van der Waals surface area contributed by atoms with Crippen LogP contribution < -0.4 is 10.6 Å². The van der Waals surface area contributed by atoms with Crippen LogP contribution in [0.25, 0.3) is 0 Å². The van der Waals surface area contributed by atoms with Gasteiger partial charge >= 0.3 is 5.97 Å². The zero-order valence-corrected chi connectivity index (χ0v) is 38.5. The number of nitrogens with zero attached hydrogens (tertiary/aromatic N) is 1. The molecule has 1 rings (SSSR count). The molecule has 59 heavy (non-hydrogen) atoms. The third-order valence-electron chi connectivity index (χ3n) is 12.1. The van der Waals surface area contributed by atoms with Crippen LogP contribution in [0.15, 0.2) is 0 Å². The van der Waals surface area contributed by atoms with Gasteiger partial charge in [0.25, 0.3) is 0 Å². The molecule has 0 unspecified atom stereocenters.